The fraction of sp³-hybridized carbons (Fsp3) is 0.368. The molecule has 8 heteroatoms. The minimum absolute atomic E-state index is 0.0967. The van der Waals surface area contributed by atoms with Gasteiger partial charge in [0, 0.05) is 31.8 Å². The molecule has 0 radical (unpaired) electrons. The molecule has 3 rings (SSSR count). The van der Waals surface area contributed by atoms with E-state index in [1.165, 1.54) is 5.56 Å². The fourth-order valence-corrected chi connectivity index (χ4v) is 2.90. The second kappa shape index (κ2) is 9.09. The first-order valence-electron chi connectivity index (χ1n) is 8.98. The summed E-state index contributed by atoms with van der Waals surface area (Å²) in [7, 11) is 0. The van der Waals surface area contributed by atoms with Gasteiger partial charge >= 0.3 is 0 Å². The van der Waals surface area contributed by atoms with Crippen molar-refractivity contribution in [3.05, 3.63) is 54.1 Å². The molecule has 0 saturated heterocycles. The Morgan fingerprint density at radius 3 is 2.78 bits per heavy atom. The number of nitrogens with one attached hydrogen (secondary N) is 1. The second-order valence-electron chi connectivity index (χ2n) is 6.24. The van der Waals surface area contributed by atoms with Crippen LogP contribution in [0.3, 0.4) is 0 Å². The van der Waals surface area contributed by atoms with Crippen LogP contribution in [0.5, 0.6) is 0 Å². The minimum atomic E-state index is -0.317. The number of hydrogen-bond donors (Lipinski definition) is 2. The molecular formula is C19H23N5O3. The van der Waals surface area contributed by atoms with Crippen LogP contribution in [0.15, 0.2) is 47.8 Å². The Morgan fingerprint density at radius 2 is 2.00 bits per heavy atom. The predicted octanol–water partition coefficient (Wildman–Crippen LogP) is 0.713. The van der Waals surface area contributed by atoms with Gasteiger partial charge in [-0.3, -0.25) is 9.59 Å². The summed E-state index contributed by atoms with van der Waals surface area (Å²) in [4.78, 5) is 28.4. The number of carbonyl (C=O) groups is 2. The number of hydrazone groups is 1. The number of nitrogens with zero attached hydrogens (tertiary/aromatic N) is 4. The minimum Gasteiger partial charge on any atom is -0.394 e. The van der Waals surface area contributed by atoms with E-state index in [4.69, 9.17) is 5.11 Å². The first kappa shape index (κ1) is 18.8. The van der Waals surface area contributed by atoms with Crippen molar-refractivity contribution in [2.24, 2.45) is 5.10 Å². The molecule has 0 spiro atoms. The van der Waals surface area contributed by atoms with Gasteiger partial charge in [-0.1, -0.05) is 30.3 Å². The monoisotopic (exact) mass is 369 g/mol. The molecule has 0 fully saturated rings. The maximum atomic E-state index is 12.4. The number of aromatic nitrogens is 2. The van der Waals surface area contributed by atoms with Crippen LogP contribution in [0.2, 0.25) is 0 Å². The lowest BCUT2D eigenvalue weighted by molar-refractivity contribution is -0.132. The molecule has 0 saturated carbocycles. The Morgan fingerprint density at radius 1 is 1.19 bits per heavy atom. The third-order valence-electron chi connectivity index (χ3n) is 4.37. The third-order valence-corrected chi connectivity index (χ3v) is 4.37. The lowest BCUT2D eigenvalue weighted by Gasteiger charge is -2.22. The largest absolute Gasteiger partial charge is 0.394 e. The zero-order valence-electron chi connectivity index (χ0n) is 15.0. The third kappa shape index (κ3) is 5.01. The van der Waals surface area contributed by atoms with E-state index in [2.05, 4.69) is 27.5 Å². The number of aliphatic hydroxyl groups is 1. The first-order chi connectivity index (χ1) is 13.2. The number of carbonyl (C=O) groups excluding carboxylic acids is 2. The molecule has 27 heavy (non-hydrogen) atoms. The van der Waals surface area contributed by atoms with Gasteiger partial charge in [-0.05, 0) is 12.0 Å². The smallest absolute Gasteiger partial charge is 0.267 e. The summed E-state index contributed by atoms with van der Waals surface area (Å²) in [5, 5.41) is 17.0. The molecule has 1 aliphatic heterocycles. The van der Waals surface area contributed by atoms with Gasteiger partial charge in [-0.2, -0.15) is 5.10 Å². The molecule has 1 aliphatic rings. The number of aryl methyl sites for hydroxylation is 2. The van der Waals surface area contributed by atoms with Crippen molar-refractivity contribution in [3.63, 3.8) is 0 Å². The van der Waals surface area contributed by atoms with Crippen LogP contribution < -0.4 is 5.32 Å². The van der Waals surface area contributed by atoms with Crippen LogP contribution >= 0.6 is 0 Å². The summed E-state index contributed by atoms with van der Waals surface area (Å²) >= 11 is 0. The molecule has 0 unspecified atom stereocenters. The highest BCUT2D eigenvalue weighted by molar-refractivity contribution is 6.39. The number of hydrogen-bond acceptors (Lipinski definition) is 5. The highest BCUT2D eigenvalue weighted by Gasteiger charge is 2.24. The number of β-amino-alcohol motifs (C(OH)–C–C–N with tert-alkyl or cyclic N) is 1. The van der Waals surface area contributed by atoms with Gasteiger partial charge in [0.05, 0.1) is 19.7 Å². The normalized spacial score (nSPS) is 14.2. The molecule has 2 N–H and O–H groups in total. The maximum absolute atomic E-state index is 12.4. The van der Waals surface area contributed by atoms with E-state index in [0.717, 1.165) is 23.8 Å². The van der Waals surface area contributed by atoms with Gasteiger partial charge in [0.15, 0.2) is 0 Å². The topological polar surface area (TPSA) is 99.8 Å². The molecule has 8 nitrogen and oxygen atoms in total. The zero-order valence-corrected chi connectivity index (χ0v) is 15.0. The summed E-state index contributed by atoms with van der Waals surface area (Å²) in [6.07, 6.45) is 5.01. The Kier molecular flexibility index (Phi) is 6.32. The summed E-state index contributed by atoms with van der Waals surface area (Å²) in [5.74, 6) is 0.263. The van der Waals surface area contributed by atoms with Gasteiger partial charge < -0.3 is 15.0 Å². The molecule has 2 aromatic rings. The van der Waals surface area contributed by atoms with E-state index in [-0.39, 0.29) is 37.9 Å². The van der Waals surface area contributed by atoms with Crippen molar-refractivity contribution in [1.29, 1.82) is 0 Å². The van der Waals surface area contributed by atoms with E-state index in [1.807, 2.05) is 29.0 Å². The fourth-order valence-electron chi connectivity index (χ4n) is 2.90. The molecule has 2 heterocycles. The first-order valence-corrected chi connectivity index (χ1v) is 8.98. The number of aliphatic hydroxyl groups excluding tert-OH is 1. The van der Waals surface area contributed by atoms with E-state index in [9.17, 15) is 9.59 Å². The summed E-state index contributed by atoms with van der Waals surface area (Å²) in [6, 6.07) is 10.2. The standard InChI is InChI=1S/C19H23N5O3/c25-13-12-24-18(26)7-6-16(22-24)19(27)21-14-17-20-9-11-23(17)10-8-15-4-2-1-3-5-15/h1-5,9,11,25H,6-8,10,12-14H2,(H,21,27). The van der Waals surface area contributed by atoms with Crippen LogP contribution in [0, 0.1) is 0 Å². The SMILES string of the molecule is O=C(NCc1nccn1CCc1ccccc1)C1=NN(CCO)C(=O)CC1. The summed E-state index contributed by atoms with van der Waals surface area (Å²) in [6.45, 7) is 0.963. The van der Waals surface area contributed by atoms with E-state index in [1.54, 1.807) is 6.20 Å². The molecule has 2 amide bonds. The van der Waals surface area contributed by atoms with Crippen molar-refractivity contribution in [1.82, 2.24) is 19.9 Å². The number of amides is 2. The van der Waals surface area contributed by atoms with Gasteiger partial charge in [0.2, 0.25) is 5.91 Å². The second-order valence-corrected chi connectivity index (χ2v) is 6.24. The molecular weight excluding hydrogens is 346 g/mol. The Bertz CT molecular complexity index is 816. The number of benzene rings is 1. The Hall–Kier alpha value is -3.00. The van der Waals surface area contributed by atoms with Gasteiger partial charge in [-0.15, -0.1) is 0 Å². The molecule has 0 atom stereocenters. The van der Waals surface area contributed by atoms with Gasteiger partial charge in [0.25, 0.3) is 5.91 Å². The molecule has 142 valence electrons. The maximum Gasteiger partial charge on any atom is 0.267 e. The van der Waals surface area contributed by atoms with Crippen LogP contribution in [0.4, 0.5) is 0 Å². The quantitative estimate of drug-likeness (QED) is 0.716. The molecule has 0 aliphatic carbocycles. The number of imidazole rings is 1. The van der Waals surface area contributed by atoms with Crippen molar-refractivity contribution in [3.8, 4) is 0 Å². The van der Waals surface area contributed by atoms with Crippen molar-refractivity contribution >= 4 is 17.5 Å². The van der Waals surface area contributed by atoms with Gasteiger partial charge in [-0.25, -0.2) is 9.99 Å². The Balaban J connectivity index is 1.56. The lowest BCUT2D eigenvalue weighted by atomic mass is 10.1. The van der Waals surface area contributed by atoms with Crippen LogP contribution in [-0.4, -0.2) is 50.3 Å². The highest BCUT2D eigenvalue weighted by atomic mass is 16.3. The van der Waals surface area contributed by atoms with E-state index in [0.29, 0.717) is 12.1 Å². The average Bonchev–Trinajstić information content (AvgIpc) is 3.14. The summed E-state index contributed by atoms with van der Waals surface area (Å²) in [5.41, 5.74) is 1.54. The zero-order chi connectivity index (χ0) is 19.1. The van der Waals surface area contributed by atoms with Crippen LogP contribution in [0.1, 0.15) is 24.2 Å². The Labute approximate surface area is 157 Å². The lowest BCUT2D eigenvalue weighted by Crippen LogP contribution is -2.40. The van der Waals surface area contributed by atoms with Gasteiger partial charge in [0.1, 0.15) is 11.5 Å². The predicted molar refractivity (Wildman–Crippen MR) is 99.7 cm³/mol. The molecule has 1 aromatic heterocycles. The van der Waals surface area contributed by atoms with Crippen LogP contribution in [-0.2, 0) is 29.1 Å². The van der Waals surface area contributed by atoms with Crippen molar-refractivity contribution < 1.29 is 14.7 Å². The molecule has 0 bridgehead atoms. The molecule has 1 aromatic carbocycles. The highest BCUT2D eigenvalue weighted by Crippen LogP contribution is 2.09. The average molecular weight is 369 g/mol. The van der Waals surface area contributed by atoms with Crippen LogP contribution in [0.25, 0.3) is 0 Å². The number of rotatable bonds is 8. The van der Waals surface area contributed by atoms with E-state index < -0.39 is 0 Å². The van der Waals surface area contributed by atoms with Crippen molar-refractivity contribution in [2.75, 3.05) is 13.2 Å². The van der Waals surface area contributed by atoms with E-state index >= 15 is 0 Å². The van der Waals surface area contributed by atoms with Crippen molar-refractivity contribution in [2.45, 2.75) is 32.4 Å². The summed E-state index contributed by atoms with van der Waals surface area (Å²) < 4.78 is 2.01.